The second-order valence-electron chi connectivity index (χ2n) is 2.62. The van der Waals surface area contributed by atoms with E-state index in [1.165, 1.54) is 7.11 Å². The van der Waals surface area contributed by atoms with Crippen LogP contribution in [-0.4, -0.2) is 12.1 Å². The SMILES string of the molecule is COc1c(C#N)cnc(C(F)F)c1CBr. The highest BCUT2D eigenvalue weighted by Crippen LogP contribution is 2.32. The van der Waals surface area contributed by atoms with Gasteiger partial charge in [-0.1, -0.05) is 15.9 Å². The zero-order chi connectivity index (χ0) is 11.4. The summed E-state index contributed by atoms with van der Waals surface area (Å²) in [7, 11) is 1.33. The number of methoxy groups -OCH3 is 1. The molecule has 3 nitrogen and oxygen atoms in total. The van der Waals surface area contributed by atoms with Crippen LogP contribution in [0.15, 0.2) is 6.20 Å². The van der Waals surface area contributed by atoms with Crippen molar-refractivity contribution in [2.45, 2.75) is 11.8 Å². The zero-order valence-electron chi connectivity index (χ0n) is 7.80. The van der Waals surface area contributed by atoms with E-state index in [0.29, 0.717) is 0 Å². The van der Waals surface area contributed by atoms with Crippen LogP contribution < -0.4 is 4.74 Å². The number of aromatic nitrogens is 1. The standard InChI is InChI=1S/C9H7BrF2N2O/c1-15-8-5(3-13)4-14-7(9(11)12)6(8)2-10/h4,9H,2H2,1H3. The first-order chi connectivity index (χ1) is 7.15. The minimum atomic E-state index is -2.68. The molecule has 0 fully saturated rings. The van der Waals surface area contributed by atoms with E-state index in [9.17, 15) is 8.78 Å². The lowest BCUT2D eigenvalue weighted by Crippen LogP contribution is -2.02. The molecule has 0 saturated heterocycles. The first-order valence-electron chi connectivity index (χ1n) is 3.95. The molecule has 0 saturated carbocycles. The third-order valence-corrected chi connectivity index (χ3v) is 2.39. The van der Waals surface area contributed by atoms with E-state index in [0.717, 1.165) is 6.20 Å². The Morgan fingerprint density at radius 3 is 2.73 bits per heavy atom. The molecule has 0 radical (unpaired) electrons. The fourth-order valence-electron chi connectivity index (χ4n) is 1.18. The van der Waals surface area contributed by atoms with E-state index < -0.39 is 6.43 Å². The maximum absolute atomic E-state index is 12.5. The molecule has 1 rings (SSSR count). The van der Waals surface area contributed by atoms with Gasteiger partial charge in [-0.15, -0.1) is 0 Å². The summed E-state index contributed by atoms with van der Waals surface area (Å²) in [5, 5.41) is 8.89. The van der Waals surface area contributed by atoms with Crippen LogP contribution >= 0.6 is 15.9 Å². The number of pyridine rings is 1. The van der Waals surface area contributed by atoms with Crippen molar-refractivity contribution in [2.75, 3.05) is 7.11 Å². The van der Waals surface area contributed by atoms with Crippen molar-refractivity contribution in [3.63, 3.8) is 0 Å². The van der Waals surface area contributed by atoms with Gasteiger partial charge >= 0.3 is 0 Å². The third-order valence-electron chi connectivity index (χ3n) is 1.83. The fraction of sp³-hybridized carbons (Fsp3) is 0.333. The van der Waals surface area contributed by atoms with Crippen molar-refractivity contribution >= 4 is 15.9 Å². The van der Waals surface area contributed by atoms with Gasteiger partial charge in [-0.05, 0) is 0 Å². The molecule has 0 unspecified atom stereocenters. The number of alkyl halides is 3. The summed E-state index contributed by atoms with van der Waals surface area (Å²) in [6.45, 7) is 0. The van der Waals surface area contributed by atoms with Crippen LogP contribution in [0.2, 0.25) is 0 Å². The molecule has 1 heterocycles. The van der Waals surface area contributed by atoms with Gasteiger partial charge in [0.15, 0.2) is 0 Å². The Kier molecular flexibility index (Phi) is 3.97. The monoisotopic (exact) mass is 276 g/mol. The van der Waals surface area contributed by atoms with E-state index in [1.54, 1.807) is 0 Å². The van der Waals surface area contributed by atoms with Gasteiger partial charge in [-0.2, -0.15) is 5.26 Å². The first kappa shape index (κ1) is 11.9. The lowest BCUT2D eigenvalue weighted by molar-refractivity contribution is 0.144. The minimum Gasteiger partial charge on any atom is -0.495 e. The van der Waals surface area contributed by atoms with Crippen LogP contribution in [0.4, 0.5) is 8.78 Å². The average molecular weight is 277 g/mol. The van der Waals surface area contributed by atoms with Gasteiger partial charge in [0, 0.05) is 17.1 Å². The second-order valence-corrected chi connectivity index (χ2v) is 3.18. The molecule has 1 aromatic rings. The van der Waals surface area contributed by atoms with E-state index in [-0.39, 0.29) is 27.9 Å². The zero-order valence-corrected chi connectivity index (χ0v) is 9.38. The maximum atomic E-state index is 12.5. The normalized spacial score (nSPS) is 10.1. The quantitative estimate of drug-likeness (QED) is 0.798. The van der Waals surface area contributed by atoms with Crippen molar-refractivity contribution in [3.05, 3.63) is 23.0 Å². The van der Waals surface area contributed by atoms with Crippen LogP contribution in [0.25, 0.3) is 0 Å². The lowest BCUT2D eigenvalue weighted by atomic mass is 10.1. The highest BCUT2D eigenvalue weighted by molar-refractivity contribution is 9.08. The summed E-state index contributed by atoms with van der Waals surface area (Å²) in [4.78, 5) is 3.55. The Bertz CT molecular complexity index is 404. The van der Waals surface area contributed by atoms with Gasteiger partial charge in [0.1, 0.15) is 23.1 Å². The molecule has 0 aliphatic carbocycles. The van der Waals surface area contributed by atoms with Crippen molar-refractivity contribution in [2.24, 2.45) is 0 Å². The van der Waals surface area contributed by atoms with Gasteiger partial charge in [-0.25, -0.2) is 8.78 Å². The van der Waals surface area contributed by atoms with Crippen LogP contribution in [0.5, 0.6) is 5.75 Å². The van der Waals surface area contributed by atoms with Gasteiger partial charge in [0.25, 0.3) is 6.43 Å². The molecule has 0 amide bonds. The largest absolute Gasteiger partial charge is 0.495 e. The Balaban J connectivity index is 3.42. The predicted molar refractivity (Wildman–Crippen MR) is 53.1 cm³/mol. The molecule has 0 aliphatic rings. The Labute approximate surface area is 93.8 Å². The fourth-order valence-corrected chi connectivity index (χ4v) is 1.72. The van der Waals surface area contributed by atoms with Crippen LogP contribution in [0, 0.1) is 11.3 Å². The summed E-state index contributed by atoms with van der Waals surface area (Å²) in [6.07, 6.45) is -1.59. The van der Waals surface area contributed by atoms with Crippen LogP contribution in [0.3, 0.4) is 0 Å². The molecule has 0 aliphatic heterocycles. The highest BCUT2D eigenvalue weighted by Gasteiger charge is 2.20. The molecule has 0 N–H and O–H groups in total. The summed E-state index contributed by atoms with van der Waals surface area (Å²) < 4.78 is 30.0. The predicted octanol–water partition coefficient (Wildman–Crippen LogP) is 2.79. The number of rotatable bonds is 3. The number of ether oxygens (including phenoxy) is 1. The van der Waals surface area contributed by atoms with Crippen LogP contribution in [-0.2, 0) is 5.33 Å². The topological polar surface area (TPSA) is 45.9 Å². The van der Waals surface area contributed by atoms with E-state index in [2.05, 4.69) is 20.9 Å². The van der Waals surface area contributed by atoms with Gasteiger partial charge in [-0.3, -0.25) is 4.98 Å². The minimum absolute atomic E-state index is 0.149. The number of nitriles is 1. The molecule has 0 bridgehead atoms. The molecule has 0 spiro atoms. The molecule has 80 valence electrons. The number of hydrogen-bond donors (Lipinski definition) is 0. The summed E-state index contributed by atoms with van der Waals surface area (Å²) >= 11 is 3.07. The van der Waals surface area contributed by atoms with Gasteiger partial charge in [0.05, 0.1) is 7.11 Å². The summed E-state index contributed by atoms with van der Waals surface area (Å²) in [6, 6.07) is 1.83. The summed E-state index contributed by atoms with van der Waals surface area (Å²) in [5.74, 6) is 0.152. The van der Waals surface area contributed by atoms with E-state index in [4.69, 9.17) is 10.00 Å². The number of nitrogens with zero attached hydrogens (tertiary/aromatic N) is 2. The molecular formula is C9H7BrF2N2O. The highest BCUT2D eigenvalue weighted by atomic mass is 79.9. The number of hydrogen-bond acceptors (Lipinski definition) is 3. The second kappa shape index (κ2) is 5.03. The molecular weight excluding hydrogens is 270 g/mol. The molecule has 6 heteroatoms. The third kappa shape index (κ3) is 2.23. The summed E-state index contributed by atoms with van der Waals surface area (Å²) in [5.41, 5.74) is 0.00521. The lowest BCUT2D eigenvalue weighted by Gasteiger charge is -2.11. The van der Waals surface area contributed by atoms with Gasteiger partial charge < -0.3 is 4.74 Å². The van der Waals surface area contributed by atoms with Crippen molar-refractivity contribution in [3.8, 4) is 11.8 Å². The molecule has 0 atom stereocenters. The van der Waals surface area contributed by atoms with Crippen molar-refractivity contribution < 1.29 is 13.5 Å². The number of halogens is 3. The molecule has 1 aromatic heterocycles. The Hall–Kier alpha value is -1.22. The molecule has 0 aromatic carbocycles. The average Bonchev–Trinajstić information content (AvgIpc) is 2.26. The van der Waals surface area contributed by atoms with Crippen LogP contribution in [0.1, 0.15) is 23.2 Å². The Morgan fingerprint density at radius 2 is 2.33 bits per heavy atom. The maximum Gasteiger partial charge on any atom is 0.280 e. The van der Waals surface area contributed by atoms with E-state index in [1.807, 2.05) is 6.07 Å². The van der Waals surface area contributed by atoms with Gasteiger partial charge in [0.2, 0.25) is 0 Å². The first-order valence-corrected chi connectivity index (χ1v) is 5.07. The smallest absolute Gasteiger partial charge is 0.280 e. The Morgan fingerprint density at radius 1 is 1.67 bits per heavy atom. The van der Waals surface area contributed by atoms with Crippen molar-refractivity contribution in [1.29, 1.82) is 5.26 Å². The molecule has 15 heavy (non-hydrogen) atoms. The van der Waals surface area contributed by atoms with E-state index >= 15 is 0 Å². The van der Waals surface area contributed by atoms with Crippen molar-refractivity contribution in [1.82, 2.24) is 4.98 Å².